The fraction of sp³-hybridized carbons (Fsp3) is 0.333. The van der Waals surface area contributed by atoms with Crippen LogP contribution in [0.15, 0.2) is 40.8 Å². The monoisotopic (exact) mass is 245 g/mol. The predicted octanol–water partition coefficient (Wildman–Crippen LogP) is 3.99. The van der Waals surface area contributed by atoms with Gasteiger partial charge in [0.25, 0.3) is 0 Å². The fourth-order valence-corrected chi connectivity index (χ4v) is 1.71. The highest BCUT2D eigenvalue weighted by Crippen LogP contribution is 2.24. The van der Waals surface area contributed by atoms with Crippen molar-refractivity contribution in [1.29, 1.82) is 0 Å². The average molecular weight is 245 g/mol. The van der Waals surface area contributed by atoms with E-state index in [1.807, 2.05) is 43.3 Å². The molecular formula is C15H19NO2. The minimum Gasteiger partial charge on any atom is -0.491 e. The number of para-hydroxylation sites is 2. The van der Waals surface area contributed by atoms with Crippen molar-refractivity contribution in [2.45, 2.75) is 26.8 Å². The van der Waals surface area contributed by atoms with Gasteiger partial charge in [0.05, 0.1) is 18.8 Å². The summed E-state index contributed by atoms with van der Waals surface area (Å²) in [5.74, 6) is 2.75. The van der Waals surface area contributed by atoms with Gasteiger partial charge in [0.1, 0.15) is 17.3 Å². The molecule has 0 bridgehead atoms. The summed E-state index contributed by atoms with van der Waals surface area (Å²) >= 11 is 0. The summed E-state index contributed by atoms with van der Waals surface area (Å²) in [5, 5.41) is 3.33. The molecule has 1 heterocycles. The van der Waals surface area contributed by atoms with Crippen LogP contribution in [0.3, 0.4) is 0 Å². The van der Waals surface area contributed by atoms with Crippen LogP contribution in [0.2, 0.25) is 0 Å². The lowest BCUT2D eigenvalue weighted by molar-refractivity contribution is 0.318. The number of benzene rings is 1. The normalized spacial score (nSPS) is 10.3. The van der Waals surface area contributed by atoms with Crippen LogP contribution >= 0.6 is 0 Å². The maximum absolute atomic E-state index is 5.69. The number of nitrogens with one attached hydrogen (secondary N) is 1. The molecule has 2 aromatic rings. The third-order valence-corrected chi connectivity index (χ3v) is 2.60. The van der Waals surface area contributed by atoms with Gasteiger partial charge in [-0.05, 0) is 37.6 Å². The lowest BCUT2D eigenvalue weighted by Gasteiger charge is -2.11. The molecule has 0 saturated carbocycles. The average Bonchev–Trinajstić information content (AvgIpc) is 2.81. The Kier molecular flexibility index (Phi) is 4.29. The molecule has 0 spiro atoms. The summed E-state index contributed by atoms with van der Waals surface area (Å²) in [7, 11) is 0. The Morgan fingerprint density at radius 1 is 1.17 bits per heavy atom. The van der Waals surface area contributed by atoms with Crippen LogP contribution in [0, 0.1) is 6.92 Å². The van der Waals surface area contributed by atoms with E-state index in [1.54, 1.807) is 0 Å². The third-order valence-electron chi connectivity index (χ3n) is 2.60. The van der Waals surface area contributed by atoms with Gasteiger partial charge in [-0.15, -0.1) is 0 Å². The van der Waals surface area contributed by atoms with Gasteiger partial charge < -0.3 is 14.5 Å². The molecule has 3 nitrogen and oxygen atoms in total. The second-order valence-electron chi connectivity index (χ2n) is 4.21. The van der Waals surface area contributed by atoms with E-state index in [0.717, 1.165) is 36.0 Å². The smallest absolute Gasteiger partial charge is 0.142 e. The number of aryl methyl sites for hydroxylation is 1. The quantitative estimate of drug-likeness (QED) is 0.835. The van der Waals surface area contributed by atoms with Gasteiger partial charge >= 0.3 is 0 Å². The maximum Gasteiger partial charge on any atom is 0.142 e. The lowest BCUT2D eigenvalue weighted by atomic mass is 10.3. The highest BCUT2D eigenvalue weighted by atomic mass is 16.5. The van der Waals surface area contributed by atoms with Crippen LogP contribution in [0.1, 0.15) is 24.9 Å². The van der Waals surface area contributed by atoms with Gasteiger partial charge in [0.2, 0.25) is 0 Å². The van der Waals surface area contributed by atoms with E-state index in [2.05, 4.69) is 12.2 Å². The molecule has 1 aromatic carbocycles. The number of hydrogen-bond acceptors (Lipinski definition) is 3. The zero-order valence-corrected chi connectivity index (χ0v) is 10.9. The molecule has 0 unspecified atom stereocenters. The molecule has 0 aliphatic rings. The minimum absolute atomic E-state index is 0.667. The largest absolute Gasteiger partial charge is 0.491 e. The summed E-state index contributed by atoms with van der Waals surface area (Å²) in [5.41, 5.74) is 1.00. The number of anilines is 1. The van der Waals surface area contributed by atoms with Gasteiger partial charge in [-0.1, -0.05) is 19.1 Å². The SMILES string of the molecule is CCCOc1ccccc1NCc1ccc(C)o1. The Hall–Kier alpha value is -1.90. The Morgan fingerprint density at radius 2 is 2.00 bits per heavy atom. The Bertz CT molecular complexity index is 491. The lowest BCUT2D eigenvalue weighted by Crippen LogP contribution is -2.02. The van der Waals surface area contributed by atoms with Gasteiger partial charge in [-0.3, -0.25) is 0 Å². The van der Waals surface area contributed by atoms with Crippen LogP contribution < -0.4 is 10.1 Å². The second kappa shape index (κ2) is 6.15. The molecule has 0 radical (unpaired) electrons. The molecule has 0 atom stereocenters. The first-order valence-electron chi connectivity index (χ1n) is 6.30. The van der Waals surface area contributed by atoms with Crippen molar-refractivity contribution >= 4 is 5.69 Å². The van der Waals surface area contributed by atoms with E-state index < -0.39 is 0 Å². The molecule has 0 amide bonds. The van der Waals surface area contributed by atoms with E-state index in [-0.39, 0.29) is 0 Å². The van der Waals surface area contributed by atoms with E-state index >= 15 is 0 Å². The Labute approximate surface area is 108 Å². The zero-order valence-electron chi connectivity index (χ0n) is 10.9. The van der Waals surface area contributed by atoms with Gasteiger partial charge in [0.15, 0.2) is 0 Å². The first kappa shape index (κ1) is 12.6. The second-order valence-corrected chi connectivity index (χ2v) is 4.21. The molecular weight excluding hydrogens is 226 g/mol. The van der Waals surface area contributed by atoms with Crippen LogP contribution in [0.5, 0.6) is 5.75 Å². The minimum atomic E-state index is 0.667. The van der Waals surface area contributed by atoms with Crippen LogP contribution in [0.25, 0.3) is 0 Å². The molecule has 3 heteroatoms. The molecule has 0 fully saturated rings. The Morgan fingerprint density at radius 3 is 2.72 bits per heavy atom. The van der Waals surface area contributed by atoms with Crippen molar-refractivity contribution < 1.29 is 9.15 Å². The van der Waals surface area contributed by atoms with E-state index in [4.69, 9.17) is 9.15 Å². The molecule has 0 saturated heterocycles. The molecule has 2 rings (SSSR count). The van der Waals surface area contributed by atoms with Crippen molar-refractivity contribution in [2.24, 2.45) is 0 Å². The van der Waals surface area contributed by atoms with E-state index in [1.165, 1.54) is 0 Å². The number of furan rings is 1. The first-order chi connectivity index (χ1) is 8.79. The maximum atomic E-state index is 5.69. The van der Waals surface area contributed by atoms with Crippen LogP contribution in [0.4, 0.5) is 5.69 Å². The predicted molar refractivity (Wildman–Crippen MR) is 73.0 cm³/mol. The van der Waals surface area contributed by atoms with Crippen molar-refractivity contribution in [2.75, 3.05) is 11.9 Å². The Balaban J connectivity index is 1.99. The van der Waals surface area contributed by atoms with Crippen LogP contribution in [-0.4, -0.2) is 6.61 Å². The van der Waals surface area contributed by atoms with Crippen molar-refractivity contribution in [1.82, 2.24) is 0 Å². The first-order valence-corrected chi connectivity index (χ1v) is 6.30. The summed E-state index contributed by atoms with van der Waals surface area (Å²) in [6, 6.07) is 11.9. The number of ether oxygens (including phenoxy) is 1. The summed E-state index contributed by atoms with van der Waals surface area (Å²) in [6.45, 7) is 5.45. The van der Waals surface area contributed by atoms with Gasteiger partial charge in [0, 0.05) is 0 Å². The van der Waals surface area contributed by atoms with Crippen molar-refractivity contribution in [3.8, 4) is 5.75 Å². The van der Waals surface area contributed by atoms with Crippen molar-refractivity contribution in [3.63, 3.8) is 0 Å². The standard InChI is InChI=1S/C15H19NO2/c1-3-10-17-15-7-5-4-6-14(15)16-11-13-9-8-12(2)18-13/h4-9,16H,3,10-11H2,1-2H3. The zero-order chi connectivity index (χ0) is 12.8. The van der Waals surface area contributed by atoms with Gasteiger partial charge in [-0.2, -0.15) is 0 Å². The summed E-state index contributed by atoms with van der Waals surface area (Å²) in [6.07, 6.45) is 1.01. The molecule has 0 aliphatic carbocycles. The van der Waals surface area contributed by atoms with E-state index in [0.29, 0.717) is 6.54 Å². The van der Waals surface area contributed by atoms with Gasteiger partial charge in [-0.25, -0.2) is 0 Å². The highest BCUT2D eigenvalue weighted by Gasteiger charge is 2.03. The summed E-state index contributed by atoms with van der Waals surface area (Å²) < 4.78 is 11.2. The molecule has 18 heavy (non-hydrogen) atoms. The fourth-order valence-electron chi connectivity index (χ4n) is 1.71. The molecule has 1 aromatic heterocycles. The topological polar surface area (TPSA) is 34.4 Å². The highest BCUT2D eigenvalue weighted by molar-refractivity contribution is 5.56. The molecule has 96 valence electrons. The van der Waals surface area contributed by atoms with E-state index in [9.17, 15) is 0 Å². The summed E-state index contributed by atoms with van der Waals surface area (Å²) in [4.78, 5) is 0. The third kappa shape index (κ3) is 3.29. The number of rotatable bonds is 6. The number of hydrogen-bond donors (Lipinski definition) is 1. The van der Waals surface area contributed by atoms with Crippen molar-refractivity contribution in [3.05, 3.63) is 47.9 Å². The van der Waals surface area contributed by atoms with Crippen LogP contribution in [-0.2, 0) is 6.54 Å². The molecule has 1 N–H and O–H groups in total. The molecule has 0 aliphatic heterocycles.